The van der Waals surface area contributed by atoms with Crippen LogP contribution in [0.5, 0.6) is 0 Å². The molecule has 3 N–H and O–H groups in total. The summed E-state index contributed by atoms with van der Waals surface area (Å²) in [7, 11) is 0. The number of thiophene rings is 1. The van der Waals surface area contributed by atoms with Gasteiger partial charge in [0.2, 0.25) is 11.8 Å². The molecule has 0 bridgehead atoms. The summed E-state index contributed by atoms with van der Waals surface area (Å²) >= 11 is 1.29. The molecule has 0 aliphatic heterocycles. The molecule has 45 heavy (non-hydrogen) atoms. The topological polar surface area (TPSA) is 150 Å². The highest BCUT2D eigenvalue weighted by Gasteiger charge is 2.30. The molecule has 0 unspecified atom stereocenters. The summed E-state index contributed by atoms with van der Waals surface area (Å²) in [5.41, 5.74) is 12.9. The molecule has 6 rings (SSSR count). The van der Waals surface area contributed by atoms with Crippen molar-refractivity contribution in [1.82, 2.24) is 30.5 Å². The maximum absolute atomic E-state index is 13.5. The number of fused-ring (bicyclic) bond motifs is 1. The molecule has 230 valence electrons. The van der Waals surface area contributed by atoms with Crippen molar-refractivity contribution < 1.29 is 14.0 Å². The molecule has 0 radical (unpaired) electrons. The quantitative estimate of drug-likeness (QED) is 0.200. The Hall–Kier alpha value is -4.77. The fourth-order valence-electron chi connectivity index (χ4n) is 5.82. The highest BCUT2D eigenvalue weighted by atomic mass is 32.1. The molecule has 0 fully saturated rings. The Balaban J connectivity index is 1.45. The second-order valence-corrected chi connectivity index (χ2v) is 12.9. The monoisotopic (exact) mass is 621 g/mol. The number of pyridine rings is 3. The van der Waals surface area contributed by atoms with E-state index >= 15 is 0 Å². The van der Waals surface area contributed by atoms with Gasteiger partial charge in [-0.25, -0.2) is 0 Å². The molecule has 11 heteroatoms. The van der Waals surface area contributed by atoms with Gasteiger partial charge in [-0.05, 0) is 80.3 Å². The first-order chi connectivity index (χ1) is 21.7. The third kappa shape index (κ3) is 6.39. The molecular weight excluding hydrogens is 586 g/mol. The SMILES string of the molecule is Cc1ccc(CCc2nc(CC(C)C)c(C(N)=O)c(-c3ccc(C(=O)N[C@@H]4CCc5ncccc54)s3)c2-c2nnc(C)o2)nc1. The van der Waals surface area contributed by atoms with E-state index in [2.05, 4.69) is 39.3 Å². The summed E-state index contributed by atoms with van der Waals surface area (Å²) in [6, 6.07) is 11.5. The van der Waals surface area contributed by atoms with Crippen LogP contribution in [0.3, 0.4) is 0 Å². The fraction of sp³-hybridized carbons (Fsp3) is 0.324. The minimum absolute atomic E-state index is 0.106. The molecule has 0 saturated heterocycles. The Labute approximate surface area is 265 Å². The average molecular weight is 622 g/mol. The predicted molar refractivity (Wildman–Crippen MR) is 172 cm³/mol. The molecule has 10 nitrogen and oxygen atoms in total. The van der Waals surface area contributed by atoms with Crippen molar-refractivity contribution in [1.29, 1.82) is 0 Å². The molecule has 5 aromatic heterocycles. The van der Waals surface area contributed by atoms with Gasteiger partial charge in [0.25, 0.3) is 11.8 Å². The van der Waals surface area contributed by atoms with Crippen LogP contribution in [0, 0.1) is 19.8 Å². The number of nitrogens with one attached hydrogen (secondary N) is 1. The highest BCUT2D eigenvalue weighted by molar-refractivity contribution is 7.17. The van der Waals surface area contributed by atoms with Crippen LogP contribution in [-0.2, 0) is 25.7 Å². The summed E-state index contributed by atoms with van der Waals surface area (Å²) in [5.74, 6) is 0.0410. The molecule has 0 saturated carbocycles. The van der Waals surface area contributed by atoms with Gasteiger partial charge in [0, 0.05) is 41.1 Å². The third-order valence-corrected chi connectivity index (χ3v) is 8.98. The number of amides is 2. The average Bonchev–Trinajstić information content (AvgIpc) is 3.76. The van der Waals surface area contributed by atoms with Crippen LogP contribution in [0.2, 0.25) is 0 Å². The van der Waals surface area contributed by atoms with Gasteiger partial charge in [0.1, 0.15) is 0 Å². The Morgan fingerprint density at radius 1 is 1.04 bits per heavy atom. The Morgan fingerprint density at radius 3 is 2.60 bits per heavy atom. The second-order valence-electron chi connectivity index (χ2n) is 11.8. The van der Waals surface area contributed by atoms with Crippen LogP contribution in [0.1, 0.15) is 86.1 Å². The number of primary amides is 1. The normalized spacial score (nSPS) is 14.1. The number of rotatable bonds is 10. The van der Waals surface area contributed by atoms with Crippen molar-refractivity contribution in [2.45, 2.75) is 65.8 Å². The summed E-state index contributed by atoms with van der Waals surface area (Å²) in [6.45, 7) is 7.86. The van der Waals surface area contributed by atoms with E-state index in [1.807, 2.05) is 43.5 Å². The zero-order chi connectivity index (χ0) is 31.7. The van der Waals surface area contributed by atoms with Gasteiger partial charge in [-0.3, -0.25) is 24.5 Å². The standard InChI is InChI=1S/C34H35N7O3S/c1-18(2)16-26-29(32(35)42)31(27-13-14-28(45-27)33(43)39-24-12-11-23-22(24)6-5-15-36-23)30(34-41-40-20(4)44-34)25(38-26)10-9-21-8-7-19(3)17-37-21/h5-8,13-15,17-18,24H,9-12,16H2,1-4H3,(H2,35,42)(H,39,43)/t24-/m1/s1. The summed E-state index contributed by atoms with van der Waals surface area (Å²) < 4.78 is 5.96. The molecule has 1 aliphatic rings. The van der Waals surface area contributed by atoms with E-state index in [-0.39, 0.29) is 23.8 Å². The molecule has 5 aromatic rings. The minimum atomic E-state index is -0.605. The molecule has 0 aromatic carbocycles. The number of carbonyl (C=O) groups excluding carboxylic acids is 2. The number of hydrogen-bond donors (Lipinski definition) is 2. The van der Waals surface area contributed by atoms with Crippen LogP contribution in [-0.4, -0.2) is 37.0 Å². The van der Waals surface area contributed by atoms with E-state index in [1.165, 1.54) is 11.3 Å². The maximum atomic E-state index is 13.5. The smallest absolute Gasteiger partial charge is 0.261 e. The van der Waals surface area contributed by atoms with Gasteiger partial charge in [-0.15, -0.1) is 21.5 Å². The fourth-order valence-corrected chi connectivity index (χ4v) is 6.79. The van der Waals surface area contributed by atoms with Gasteiger partial charge in [0.05, 0.1) is 33.4 Å². The lowest BCUT2D eigenvalue weighted by molar-refractivity contribution is 0.0939. The van der Waals surface area contributed by atoms with E-state index in [0.29, 0.717) is 63.0 Å². The first-order valence-corrected chi connectivity index (χ1v) is 15.9. The van der Waals surface area contributed by atoms with E-state index in [0.717, 1.165) is 35.4 Å². The second kappa shape index (κ2) is 12.7. The zero-order valence-electron chi connectivity index (χ0n) is 25.8. The Bertz CT molecular complexity index is 1880. The summed E-state index contributed by atoms with van der Waals surface area (Å²) in [4.78, 5) is 42.0. The highest BCUT2D eigenvalue weighted by Crippen LogP contribution is 2.42. The van der Waals surface area contributed by atoms with Crippen LogP contribution < -0.4 is 11.1 Å². The van der Waals surface area contributed by atoms with Gasteiger partial charge in [0.15, 0.2) is 0 Å². The van der Waals surface area contributed by atoms with Gasteiger partial charge in [-0.2, -0.15) is 0 Å². The first kappa shape index (κ1) is 30.3. The Morgan fingerprint density at radius 2 is 1.89 bits per heavy atom. The summed E-state index contributed by atoms with van der Waals surface area (Å²) in [5, 5.41) is 11.6. The van der Waals surface area contributed by atoms with E-state index < -0.39 is 5.91 Å². The third-order valence-electron chi connectivity index (χ3n) is 7.88. The van der Waals surface area contributed by atoms with Crippen LogP contribution in [0.15, 0.2) is 53.2 Å². The van der Waals surface area contributed by atoms with E-state index in [4.69, 9.17) is 15.1 Å². The molecule has 2 amide bonds. The number of hydrogen-bond acceptors (Lipinski definition) is 9. The molecular formula is C34H35N7O3S. The van der Waals surface area contributed by atoms with Crippen molar-refractivity contribution >= 4 is 23.2 Å². The summed E-state index contributed by atoms with van der Waals surface area (Å²) in [6.07, 6.45) is 6.90. The lowest BCUT2D eigenvalue weighted by Gasteiger charge is -2.19. The van der Waals surface area contributed by atoms with Crippen molar-refractivity contribution in [3.63, 3.8) is 0 Å². The van der Waals surface area contributed by atoms with Crippen LogP contribution in [0.4, 0.5) is 0 Å². The number of nitrogens with zero attached hydrogens (tertiary/aromatic N) is 5. The molecule has 1 atom stereocenters. The predicted octanol–water partition coefficient (Wildman–Crippen LogP) is 5.77. The van der Waals surface area contributed by atoms with E-state index in [1.54, 1.807) is 19.2 Å². The molecule has 0 spiro atoms. The van der Waals surface area contributed by atoms with Gasteiger partial charge in [-0.1, -0.05) is 26.0 Å². The molecule has 5 heterocycles. The van der Waals surface area contributed by atoms with Gasteiger partial charge >= 0.3 is 0 Å². The van der Waals surface area contributed by atoms with Crippen LogP contribution in [0.25, 0.3) is 21.9 Å². The first-order valence-electron chi connectivity index (χ1n) is 15.1. The van der Waals surface area contributed by atoms with Crippen LogP contribution >= 0.6 is 11.3 Å². The molecule has 1 aliphatic carbocycles. The van der Waals surface area contributed by atoms with Gasteiger partial charge < -0.3 is 15.5 Å². The van der Waals surface area contributed by atoms with E-state index in [9.17, 15) is 9.59 Å². The minimum Gasteiger partial charge on any atom is -0.421 e. The van der Waals surface area contributed by atoms with Crippen molar-refractivity contribution in [2.75, 3.05) is 0 Å². The maximum Gasteiger partial charge on any atom is 0.261 e. The lowest BCUT2D eigenvalue weighted by atomic mass is 9.91. The zero-order valence-corrected chi connectivity index (χ0v) is 26.6. The lowest BCUT2D eigenvalue weighted by Crippen LogP contribution is -2.26. The number of aryl methyl sites for hydroxylation is 5. The largest absolute Gasteiger partial charge is 0.421 e. The van der Waals surface area contributed by atoms with Crippen molar-refractivity contribution in [3.05, 3.63) is 99.0 Å². The van der Waals surface area contributed by atoms with Crippen molar-refractivity contribution in [2.24, 2.45) is 11.7 Å². The number of nitrogens with two attached hydrogens (primary N) is 1. The van der Waals surface area contributed by atoms with Crippen molar-refractivity contribution in [3.8, 4) is 21.9 Å². The number of aromatic nitrogens is 5. The number of carbonyl (C=O) groups is 2. The Kier molecular flexibility index (Phi) is 8.53.